The van der Waals surface area contributed by atoms with Crippen LogP contribution in [-0.4, -0.2) is 33.5 Å². The molecule has 1 rings (SSSR count). The molecular formula is C13H16Br2N2O3S. The maximum atomic E-state index is 11.9. The summed E-state index contributed by atoms with van der Waals surface area (Å²) in [4.78, 5) is 22.8. The van der Waals surface area contributed by atoms with Crippen molar-refractivity contribution >= 4 is 61.2 Å². The van der Waals surface area contributed by atoms with Crippen LogP contribution >= 0.6 is 43.6 Å². The minimum atomic E-state index is -1.08. The summed E-state index contributed by atoms with van der Waals surface area (Å²) in [7, 11) is 0. The van der Waals surface area contributed by atoms with Gasteiger partial charge in [0, 0.05) is 13.7 Å². The normalized spacial score (nSPS) is 12.8. The van der Waals surface area contributed by atoms with E-state index in [1.54, 1.807) is 19.9 Å². The number of halogens is 2. The van der Waals surface area contributed by atoms with Gasteiger partial charge >= 0.3 is 5.97 Å². The van der Waals surface area contributed by atoms with Crippen molar-refractivity contribution in [1.29, 1.82) is 0 Å². The second-order valence-corrected chi connectivity index (χ2v) is 8.28. The Kier molecular flexibility index (Phi) is 6.71. The first-order valence-corrected chi connectivity index (χ1v) is 8.58. The number of carbonyl (C=O) groups excluding carboxylic acids is 1. The molecule has 1 atom stereocenters. The molecule has 0 fully saturated rings. The Morgan fingerprint density at radius 1 is 1.43 bits per heavy atom. The van der Waals surface area contributed by atoms with Crippen molar-refractivity contribution in [3.05, 3.63) is 27.1 Å². The molecular weight excluding hydrogens is 424 g/mol. The number of hydrogen-bond donors (Lipinski definition) is 3. The minimum absolute atomic E-state index is 0.122. The van der Waals surface area contributed by atoms with Gasteiger partial charge in [0.05, 0.1) is 11.4 Å². The molecule has 0 aromatic heterocycles. The SMILES string of the molecule is CC(C)(SCC(=O)Nc1ccc(Br)cc1Br)[C@@H](N)C(=O)O. The van der Waals surface area contributed by atoms with Crippen LogP contribution in [0.4, 0.5) is 5.69 Å². The van der Waals surface area contributed by atoms with Crippen LogP contribution in [0.2, 0.25) is 0 Å². The molecule has 1 aromatic rings. The fourth-order valence-corrected chi connectivity index (χ4v) is 3.42. The predicted octanol–water partition coefficient (Wildman–Crippen LogP) is 3.07. The number of thioether (sulfide) groups is 1. The van der Waals surface area contributed by atoms with Crippen LogP contribution in [0.15, 0.2) is 27.1 Å². The van der Waals surface area contributed by atoms with Crippen molar-refractivity contribution in [1.82, 2.24) is 0 Å². The zero-order valence-electron chi connectivity index (χ0n) is 11.5. The van der Waals surface area contributed by atoms with Crippen LogP contribution in [0.5, 0.6) is 0 Å². The molecule has 0 bridgehead atoms. The summed E-state index contributed by atoms with van der Waals surface area (Å²) in [6, 6.07) is 4.38. The third-order valence-corrected chi connectivity index (χ3v) is 5.35. The average molecular weight is 440 g/mol. The van der Waals surface area contributed by atoms with Crippen molar-refractivity contribution in [2.24, 2.45) is 5.73 Å². The van der Waals surface area contributed by atoms with Crippen molar-refractivity contribution in [3.63, 3.8) is 0 Å². The summed E-state index contributed by atoms with van der Waals surface area (Å²) in [5.74, 6) is -1.17. The molecule has 0 aliphatic rings. The number of carboxylic acids is 1. The predicted molar refractivity (Wildman–Crippen MR) is 92.6 cm³/mol. The fraction of sp³-hybridized carbons (Fsp3) is 0.385. The molecule has 4 N–H and O–H groups in total. The quantitative estimate of drug-likeness (QED) is 0.633. The number of carbonyl (C=O) groups is 2. The highest BCUT2D eigenvalue weighted by Crippen LogP contribution is 2.29. The van der Waals surface area contributed by atoms with E-state index in [1.807, 2.05) is 12.1 Å². The van der Waals surface area contributed by atoms with Gasteiger partial charge in [-0.05, 0) is 48.0 Å². The standard InChI is InChI=1S/C13H16Br2N2O3S/c1-13(2,11(16)12(19)20)21-6-10(18)17-9-4-3-7(14)5-8(9)15/h3-5,11H,6,16H2,1-2H3,(H,17,18)(H,19,20)/t11-/m0/s1. The zero-order valence-corrected chi connectivity index (χ0v) is 15.5. The molecule has 0 saturated heterocycles. The van der Waals surface area contributed by atoms with Gasteiger partial charge in [-0.2, -0.15) is 0 Å². The average Bonchev–Trinajstić information content (AvgIpc) is 2.39. The Morgan fingerprint density at radius 2 is 2.05 bits per heavy atom. The summed E-state index contributed by atoms with van der Waals surface area (Å²) in [5, 5.41) is 11.7. The van der Waals surface area contributed by atoms with Gasteiger partial charge in [-0.1, -0.05) is 15.9 Å². The smallest absolute Gasteiger partial charge is 0.321 e. The number of rotatable bonds is 6. The summed E-state index contributed by atoms with van der Waals surface area (Å²) in [5.41, 5.74) is 6.27. The van der Waals surface area contributed by atoms with Crippen LogP contribution in [0.1, 0.15) is 13.8 Å². The number of carboxylic acid groups (broad SMARTS) is 1. The van der Waals surface area contributed by atoms with E-state index >= 15 is 0 Å². The van der Waals surface area contributed by atoms with Crippen LogP contribution in [0.25, 0.3) is 0 Å². The highest BCUT2D eigenvalue weighted by Gasteiger charge is 2.33. The van der Waals surface area contributed by atoms with E-state index < -0.39 is 16.8 Å². The van der Waals surface area contributed by atoms with Crippen molar-refractivity contribution in [2.45, 2.75) is 24.6 Å². The largest absolute Gasteiger partial charge is 0.480 e. The van der Waals surface area contributed by atoms with Crippen LogP contribution in [0, 0.1) is 0 Å². The molecule has 8 heteroatoms. The number of aliphatic carboxylic acids is 1. The molecule has 5 nitrogen and oxygen atoms in total. The van der Waals surface area contributed by atoms with Crippen molar-refractivity contribution < 1.29 is 14.7 Å². The Morgan fingerprint density at radius 3 is 2.57 bits per heavy atom. The molecule has 0 aliphatic heterocycles. The molecule has 116 valence electrons. The molecule has 0 spiro atoms. The first kappa shape index (κ1) is 18.5. The van der Waals surface area contributed by atoms with Crippen LogP contribution in [0.3, 0.4) is 0 Å². The summed E-state index contributed by atoms with van der Waals surface area (Å²) in [6.07, 6.45) is 0. The maximum absolute atomic E-state index is 11.9. The monoisotopic (exact) mass is 438 g/mol. The molecule has 21 heavy (non-hydrogen) atoms. The van der Waals surface area contributed by atoms with E-state index in [4.69, 9.17) is 10.8 Å². The maximum Gasteiger partial charge on any atom is 0.321 e. The molecule has 0 unspecified atom stereocenters. The molecule has 0 heterocycles. The van der Waals surface area contributed by atoms with Gasteiger partial charge in [-0.15, -0.1) is 11.8 Å². The highest BCUT2D eigenvalue weighted by atomic mass is 79.9. The van der Waals surface area contributed by atoms with Gasteiger partial charge in [-0.3, -0.25) is 9.59 Å². The summed E-state index contributed by atoms with van der Waals surface area (Å²) < 4.78 is 0.923. The number of nitrogens with two attached hydrogens (primary N) is 1. The second-order valence-electron chi connectivity index (χ2n) is 4.88. The number of benzene rings is 1. The Labute approximate surface area is 144 Å². The number of amides is 1. The number of hydrogen-bond acceptors (Lipinski definition) is 4. The number of anilines is 1. The van der Waals surface area contributed by atoms with Crippen molar-refractivity contribution in [2.75, 3.05) is 11.1 Å². The fourth-order valence-electron chi connectivity index (χ4n) is 1.42. The van der Waals surface area contributed by atoms with E-state index in [0.29, 0.717) is 5.69 Å². The van der Waals surface area contributed by atoms with E-state index in [1.165, 1.54) is 11.8 Å². The minimum Gasteiger partial charge on any atom is -0.480 e. The van der Waals surface area contributed by atoms with Crippen molar-refractivity contribution in [3.8, 4) is 0 Å². The lowest BCUT2D eigenvalue weighted by Crippen LogP contribution is -2.47. The van der Waals surface area contributed by atoms with Crippen LogP contribution in [-0.2, 0) is 9.59 Å². The van der Waals surface area contributed by atoms with E-state index in [9.17, 15) is 9.59 Å². The highest BCUT2D eigenvalue weighted by molar-refractivity contribution is 9.11. The van der Waals surface area contributed by atoms with E-state index in [2.05, 4.69) is 37.2 Å². The van der Waals surface area contributed by atoms with Gasteiger partial charge in [0.15, 0.2) is 0 Å². The first-order valence-electron chi connectivity index (χ1n) is 6.00. The third-order valence-electron chi connectivity index (χ3n) is 2.80. The van der Waals surface area contributed by atoms with E-state index in [0.717, 1.165) is 8.95 Å². The molecule has 0 radical (unpaired) electrons. The van der Waals surface area contributed by atoms with Gasteiger partial charge in [0.25, 0.3) is 0 Å². The molecule has 1 amide bonds. The second kappa shape index (κ2) is 7.62. The van der Waals surface area contributed by atoms with E-state index in [-0.39, 0.29) is 11.7 Å². The van der Waals surface area contributed by atoms with Gasteiger partial charge < -0.3 is 16.2 Å². The summed E-state index contributed by atoms with van der Waals surface area (Å²) >= 11 is 7.90. The van der Waals surface area contributed by atoms with Gasteiger partial charge in [0.1, 0.15) is 6.04 Å². The lowest BCUT2D eigenvalue weighted by molar-refractivity contribution is -0.139. The summed E-state index contributed by atoms with van der Waals surface area (Å²) in [6.45, 7) is 3.42. The molecule has 0 saturated carbocycles. The Balaban J connectivity index is 2.60. The Bertz CT molecular complexity index is 552. The lowest BCUT2D eigenvalue weighted by atomic mass is 10.1. The molecule has 0 aliphatic carbocycles. The number of nitrogens with one attached hydrogen (secondary N) is 1. The first-order chi connectivity index (χ1) is 9.63. The van der Waals surface area contributed by atoms with Gasteiger partial charge in [-0.25, -0.2) is 0 Å². The third kappa shape index (κ3) is 5.61. The zero-order chi connectivity index (χ0) is 16.2. The Hall–Kier alpha value is -0.570. The van der Waals surface area contributed by atoms with Crippen LogP contribution < -0.4 is 11.1 Å². The molecule has 1 aromatic carbocycles. The topological polar surface area (TPSA) is 92.4 Å². The lowest BCUT2D eigenvalue weighted by Gasteiger charge is -2.27. The van der Waals surface area contributed by atoms with Gasteiger partial charge in [0.2, 0.25) is 5.91 Å².